The molecule has 0 heterocycles. The number of halogens is 1. The second kappa shape index (κ2) is 7.85. The van der Waals surface area contributed by atoms with Crippen LogP contribution in [0.1, 0.15) is 23.7 Å². The number of carbonyl (C=O) groups is 1. The number of benzene rings is 1. The summed E-state index contributed by atoms with van der Waals surface area (Å²) in [5.74, 6) is -0.305. The molecule has 0 radical (unpaired) electrons. The summed E-state index contributed by atoms with van der Waals surface area (Å²) >= 11 is 3.16. The van der Waals surface area contributed by atoms with Gasteiger partial charge in [0.1, 0.15) is 0 Å². The molecule has 0 unspecified atom stereocenters. The van der Waals surface area contributed by atoms with Crippen molar-refractivity contribution < 1.29 is 9.72 Å². The van der Waals surface area contributed by atoms with E-state index >= 15 is 0 Å². The second-order valence-electron chi connectivity index (χ2n) is 3.92. The van der Waals surface area contributed by atoms with Crippen molar-refractivity contribution in [1.82, 2.24) is 10.6 Å². The summed E-state index contributed by atoms with van der Waals surface area (Å²) in [5.41, 5.74) is 0.178. The molecule has 2 N–H and O–H groups in total. The highest BCUT2D eigenvalue weighted by atomic mass is 79.9. The number of hydrogen-bond donors (Lipinski definition) is 2. The molecule has 19 heavy (non-hydrogen) atoms. The number of amides is 1. The van der Waals surface area contributed by atoms with Crippen LogP contribution in [-0.4, -0.2) is 30.5 Å². The van der Waals surface area contributed by atoms with E-state index in [-0.39, 0.29) is 17.2 Å². The van der Waals surface area contributed by atoms with Crippen LogP contribution in [-0.2, 0) is 0 Å². The lowest BCUT2D eigenvalue weighted by atomic mass is 10.2. The van der Waals surface area contributed by atoms with Crippen LogP contribution in [0.5, 0.6) is 0 Å². The van der Waals surface area contributed by atoms with Gasteiger partial charge in [-0.1, -0.05) is 22.9 Å². The summed E-state index contributed by atoms with van der Waals surface area (Å²) in [6, 6.07) is 4.19. The van der Waals surface area contributed by atoms with Gasteiger partial charge in [-0.3, -0.25) is 14.9 Å². The molecule has 0 fully saturated rings. The van der Waals surface area contributed by atoms with Gasteiger partial charge in [0.05, 0.1) is 4.92 Å². The quantitative estimate of drug-likeness (QED) is 0.455. The standard InChI is InChI=1S/C12H16BrN3O3/c1-2-14-4-3-5-15-12(17)9-6-10(13)8-11(7-9)16(18)19/h6-8,14H,2-5H2,1H3,(H,15,17). The van der Waals surface area contributed by atoms with Crippen LogP contribution in [0, 0.1) is 10.1 Å². The Bertz CT molecular complexity index is 466. The zero-order valence-electron chi connectivity index (χ0n) is 10.6. The van der Waals surface area contributed by atoms with Crippen molar-refractivity contribution >= 4 is 27.5 Å². The third-order valence-corrected chi connectivity index (χ3v) is 2.88. The smallest absolute Gasteiger partial charge is 0.271 e. The SMILES string of the molecule is CCNCCCNC(=O)c1cc(Br)cc([N+](=O)[O-])c1. The summed E-state index contributed by atoms with van der Waals surface area (Å²) in [6.07, 6.45) is 0.815. The molecule has 1 aromatic rings. The van der Waals surface area contributed by atoms with Crippen molar-refractivity contribution in [3.8, 4) is 0 Å². The van der Waals surface area contributed by atoms with Crippen LogP contribution in [0.15, 0.2) is 22.7 Å². The Morgan fingerprint density at radius 1 is 1.37 bits per heavy atom. The van der Waals surface area contributed by atoms with Gasteiger partial charge in [0, 0.05) is 28.7 Å². The molecule has 0 aliphatic carbocycles. The van der Waals surface area contributed by atoms with Crippen LogP contribution >= 0.6 is 15.9 Å². The third-order valence-electron chi connectivity index (χ3n) is 2.42. The number of nitro benzene ring substituents is 1. The Hall–Kier alpha value is -1.47. The molecule has 104 valence electrons. The number of carbonyl (C=O) groups excluding carboxylic acids is 1. The van der Waals surface area contributed by atoms with Crippen molar-refractivity contribution in [2.24, 2.45) is 0 Å². The molecule has 7 heteroatoms. The van der Waals surface area contributed by atoms with Gasteiger partial charge in [-0.05, 0) is 25.6 Å². The zero-order valence-corrected chi connectivity index (χ0v) is 12.2. The maximum atomic E-state index is 11.8. The molecule has 0 spiro atoms. The van der Waals surface area contributed by atoms with E-state index < -0.39 is 4.92 Å². The molecule has 0 aliphatic rings. The highest BCUT2D eigenvalue weighted by Gasteiger charge is 2.13. The van der Waals surface area contributed by atoms with Gasteiger partial charge in [-0.2, -0.15) is 0 Å². The molecule has 0 aliphatic heterocycles. The van der Waals surface area contributed by atoms with Crippen molar-refractivity contribution in [3.05, 3.63) is 38.3 Å². The minimum Gasteiger partial charge on any atom is -0.352 e. The Labute approximate surface area is 119 Å². The summed E-state index contributed by atoms with van der Waals surface area (Å²) in [6.45, 7) is 4.27. The van der Waals surface area contributed by atoms with E-state index in [0.717, 1.165) is 19.5 Å². The topological polar surface area (TPSA) is 84.3 Å². The van der Waals surface area contributed by atoms with Gasteiger partial charge in [0.15, 0.2) is 0 Å². The molecule has 1 rings (SSSR count). The molecule has 0 aromatic heterocycles. The highest BCUT2D eigenvalue weighted by molar-refractivity contribution is 9.10. The zero-order chi connectivity index (χ0) is 14.3. The molecule has 6 nitrogen and oxygen atoms in total. The first kappa shape index (κ1) is 15.6. The highest BCUT2D eigenvalue weighted by Crippen LogP contribution is 2.21. The Morgan fingerprint density at radius 3 is 2.74 bits per heavy atom. The molecular weight excluding hydrogens is 314 g/mol. The van der Waals surface area contributed by atoms with Crippen molar-refractivity contribution in [2.45, 2.75) is 13.3 Å². The first-order chi connectivity index (χ1) is 9.04. The van der Waals surface area contributed by atoms with Gasteiger partial charge in [-0.25, -0.2) is 0 Å². The van der Waals surface area contributed by atoms with Crippen molar-refractivity contribution in [1.29, 1.82) is 0 Å². The van der Waals surface area contributed by atoms with E-state index in [1.807, 2.05) is 6.92 Å². The number of nitrogens with one attached hydrogen (secondary N) is 2. The summed E-state index contributed by atoms with van der Waals surface area (Å²) < 4.78 is 0.513. The van der Waals surface area contributed by atoms with E-state index in [2.05, 4.69) is 26.6 Å². The minimum atomic E-state index is -0.521. The Balaban J connectivity index is 2.59. The van der Waals surface area contributed by atoms with Crippen molar-refractivity contribution in [2.75, 3.05) is 19.6 Å². The van der Waals surface area contributed by atoms with Crippen LogP contribution < -0.4 is 10.6 Å². The number of non-ortho nitro benzene ring substituents is 1. The molecule has 1 aromatic carbocycles. The van der Waals surface area contributed by atoms with Gasteiger partial charge < -0.3 is 10.6 Å². The van der Waals surface area contributed by atoms with E-state index in [1.165, 1.54) is 12.1 Å². The first-order valence-corrected chi connectivity index (χ1v) is 6.77. The predicted molar refractivity (Wildman–Crippen MR) is 76.3 cm³/mol. The average Bonchev–Trinajstić information content (AvgIpc) is 2.37. The molecular formula is C12H16BrN3O3. The molecule has 0 atom stereocenters. The normalized spacial score (nSPS) is 10.2. The van der Waals surface area contributed by atoms with E-state index in [0.29, 0.717) is 11.0 Å². The summed E-state index contributed by atoms with van der Waals surface area (Å²) in [7, 11) is 0. The number of hydrogen-bond acceptors (Lipinski definition) is 4. The van der Waals surface area contributed by atoms with Crippen LogP contribution in [0.2, 0.25) is 0 Å². The molecule has 0 bridgehead atoms. The lowest BCUT2D eigenvalue weighted by molar-refractivity contribution is -0.385. The number of nitrogens with zero attached hydrogens (tertiary/aromatic N) is 1. The monoisotopic (exact) mass is 329 g/mol. The van der Waals surface area contributed by atoms with Gasteiger partial charge >= 0.3 is 0 Å². The Kier molecular flexibility index (Phi) is 6.44. The lowest BCUT2D eigenvalue weighted by Crippen LogP contribution is -2.27. The van der Waals surface area contributed by atoms with E-state index in [4.69, 9.17) is 0 Å². The van der Waals surface area contributed by atoms with Gasteiger partial charge in [-0.15, -0.1) is 0 Å². The average molecular weight is 330 g/mol. The molecule has 0 saturated carbocycles. The fraction of sp³-hybridized carbons (Fsp3) is 0.417. The maximum Gasteiger partial charge on any atom is 0.271 e. The van der Waals surface area contributed by atoms with Crippen LogP contribution in [0.25, 0.3) is 0 Å². The molecule has 1 amide bonds. The van der Waals surface area contributed by atoms with Gasteiger partial charge in [0.25, 0.3) is 11.6 Å². The fourth-order valence-corrected chi connectivity index (χ4v) is 1.99. The van der Waals surface area contributed by atoms with E-state index in [9.17, 15) is 14.9 Å². The number of nitro groups is 1. The lowest BCUT2D eigenvalue weighted by Gasteiger charge is -2.06. The van der Waals surface area contributed by atoms with Crippen LogP contribution in [0.3, 0.4) is 0 Å². The summed E-state index contributed by atoms with van der Waals surface area (Å²) in [5, 5.41) is 16.6. The van der Waals surface area contributed by atoms with Gasteiger partial charge in [0.2, 0.25) is 0 Å². The Morgan fingerprint density at radius 2 is 2.11 bits per heavy atom. The third kappa shape index (κ3) is 5.35. The maximum absolute atomic E-state index is 11.8. The summed E-state index contributed by atoms with van der Waals surface area (Å²) in [4.78, 5) is 22.0. The first-order valence-electron chi connectivity index (χ1n) is 5.98. The van der Waals surface area contributed by atoms with Crippen molar-refractivity contribution in [3.63, 3.8) is 0 Å². The van der Waals surface area contributed by atoms with Crippen LogP contribution in [0.4, 0.5) is 5.69 Å². The number of rotatable bonds is 7. The molecule has 0 saturated heterocycles. The predicted octanol–water partition coefficient (Wildman–Crippen LogP) is 2.09. The van der Waals surface area contributed by atoms with E-state index in [1.54, 1.807) is 6.07 Å². The fourth-order valence-electron chi connectivity index (χ4n) is 1.50. The second-order valence-corrected chi connectivity index (χ2v) is 4.83. The minimum absolute atomic E-state index is 0.104. The largest absolute Gasteiger partial charge is 0.352 e.